The van der Waals surface area contributed by atoms with E-state index in [-0.39, 0.29) is 58.2 Å². The Morgan fingerprint density at radius 2 is 1.93 bits per heavy atom. The first-order chi connectivity index (χ1) is 6.63. The molecule has 1 nitrogen and oxygen atoms in total. The van der Waals surface area contributed by atoms with E-state index in [9.17, 15) is 0 Å². The monoisotopic (exact) mass is 269 g/mol. The topological polar surface area (TPSA) is 3.24 Å². The number of rotatable bonds is 1. The van der Waals surface area contributed by atoms with Gasteiger partial charge in [-0.3, -0.25) is 0 Å². The minimum absolute atomic E-state index is 0. The van der Waals surface area contributed by atoms with Crippen LogP contribution in [-0.4, -0.2) is 18.8 Å². The minimum Gasteiger partial charge on any atom is -0.339 e. The molecule has 0 saturated carbocycles. The van der Waals surface area contributed by atoms with Gasteiger partial charge >= 0.3 is 58.2 Å². The molecule has 1 atom stereocenters. The summed E-state index contributed by atoms with van der Waals surface area (Å²) in [5.41, 5.74) is 2.55. The van der Waals surface area contributed by atoms with Crippen LogP contribution in [0.25, 0.3) is 0 Å². The molecule has 1 heterocycles. The fraction of sp³-hybridized carbons (Fsp3) is 0.417. The Kier molecular flexibility index (Phi) is 5.13. The molecule has 3 heteroatoms. The summed E-state index contributed by atoms with van der Waals surface area (Å²) in [6, 6.07) is 9.25. The van der Waals surface area contributed by atoms with Crippen molar-refractivity contribution in [3.63, 3.8) is 0 Å². The largest absolute Gasteiger partial charge is 1.00 e. The molecule has 0 amide bonds. The van der Waals surface area contributed by atoms with Crippen molar-refractivity contribution in [1.82, 2.24) is 4.90 Å². The molecule has 0 fully saturated rings. The van der Waals surface area contributed by atoms with E-state index in [0.29, 0.717) is 12.1 Å². The van der Waals surface area contributed by atoms with Crippen molar-refractivity contribution >= 4 is 7.85 Å². The molecule has 0 N–H and O–H groups in total. The van der Waals surface area contributed by atoms with Crippen molar-refractivity contribution in [2.24, 2.45) is 0 Å². The Morgan fingerprint density at radius 1 is 1.33 bits per heavy atom. The van der Waals surface area contributed by atoms with Gasteiger partial charge in [0.15, 0.2) is 0 Å². The molecule has 1 aliphatic rings. The number of fused-ring (bicyclic) bond motifs is 1. The molecule has 0 aromatic heterocycles. The van der Waals surface area contributed by atoms with E-state index in [4.69, 9.17) is 7.85 Å². The van der Waals surface area contributed by atoms with Crippen LogP contribution >= 0.6 is 0 Å². The van der Waals surface area contributed by atoms with E-state index >= 15 is 0 Å². The zero-order valence-electron chi connectivity index (χ0n) is 9.99. The van der Waals surface area contributed by atoms with Gasteiger partial charge in [-0.2, -0.15) is 17.6 Å². The van der Waals surface area contributed by atoms with E-state index in [2.05, 4.69) is 43.9 Å². The van der Waals surface area contributed by atoms with Crippen molar-refractivity contribution in [2.45, 2.75) is 32.9 Å². The predicted octanol–water partition coefficient (Wildman–Crippen LogP) is -0.518. The van der Waals surface area contributed by atoms with Gasteiger partial charge in [-0.1, -0.05) is 26.8 Å². The molecule has 1 aromatic carbocycles. The Labute approximate surface area is 143 Å². The number of benzene rings is 1. The molecule has 1 unspecified atom stereocenters. The third-order valence-corrected chi connectivity index (χ3v) is 2.94. The second-order valence-corrected chi connectivity index (χ2v) is 4.15. The average molecular weight is 270 g/mol. The molecule has 0 aliphatic carbocycles. The van der Waals surface area contributed by atoms with Gasteiger partial charge in [0, 0.05) is 7.85 Å². The van der Waals surface area contributed by atoms with E-state index in [1.54, 1.807) is 0 Å². The van der Waals surface area contributed by atoms with Gasteiger partial charge < -0.3 is 4.90 Å². The van der Waals surface area contributed by atoms with Crippen LogP contribution in [0.5, 0.6) is 0 Å². The maximum atomic E-state index is 6.12. The van der Waals surface area contributed by atoms with Gasteiger partial charge in [-0.15, -0.1) is 17.7 Å². The SMILES string of the molecule is [B][C-]1c2ccccc2C(C)N1C(C)C.[Rb+]. The van der Waals surface area contributed by atoms with E-state index in [0.717, 1.165) is 5.94 Å². The first-order valence-corrected chi connectivity index (χ1v) is 5.13. The Hall–Kier alpha value is 0.920. The molecule has 1 aromatic rings. The fourth-order valence-electron chi connectivity index (χ4n) is 2.32. The maximum absolute atomic E-state index is 6.12. The molecule has 2 radical (unpaired) electrons. The first kappa shape index (κ1) is 14.0. The van der Waals surface area contributed by atoms with Gasteiger partial charge in [-0.25, -0.2) is 0 Å². The van der Waals surface area contributed by atoms with Crippen LogP contribution in [0.2, 0.25) is 0 Å². The molecular weight excluding hydrogens is 254 g/mol. The van der Waals surface area contributed by atoms with Crippen molar-refractivity contribution in [3.05, 3.63) is 41.3 Å². The zero-order chi connectivity index (χ0) is 10.3. The van der Waals surface area contributed by atoms with Crippen LogP contribution in [0.15, 0.2) is 24.3 Å². The Balaban J connectivity index is 0.00000112. The molecule has 2 rings (SSSR count). The van der Waals surface area contributed by atoms with Gasteiger partial charge in [-0.05, 0) is 12.1 Å². The van der Waals surface area contributed by atoms with Crippen LogP contribution in [0.4, 0.5) is 0 Å². The van der Waals surface area contributed by atoms with Crippen molar-refractivity contribution in [3.8, 4) is 0 Å². The van der Waals surface area contributed by atoms with Gasteiger partial charge in [0.05, 0.1) is 0 Å². The standard InChI is InChI=1S/C12H15BN.Rb/c1-8(2)14-9(3)10-6-4-5-7-11(10)12(14)13;/h4-9H,1-3H3;/q-1;+1. The summed E-state index contributed by atoms with van der Waals surface area (Å²) in [4.78, 5) is 2.27. The maximum Gasteiger partial charge on any atom is 1.00 e. The third kappa shape index (κ3) is 2.44. The van der Waals surface area contributed by atoms with Crippen molar-refractivity contribution in [1.29, 1.82) is 0 Å². The van der Waals surface area contributed by atoms with Crippen LogP contribution < -0.4 is 58.2 Å². The molecule has 15 heavy (non-hydrogen) atoms. The summed E-state index contributed by atoms with van der Waals surface area (Å²) in [7, 11) is 6.12. The Bertz CT molecular complexity index is 311. The second-order valence-electron chi connectivity index (χ2n) is 4.15. The predicted molar refractivity (Wildman–Crippen MR) is 59.9 cm³/mol. The van der Waals surface area contributed by atoms with E-state index in [1.807, 2.05) is 6.07 Å². The second kappa shape index (κ2) is 5.50. The quantitative estimate of drug-likeness (QED) is 0.490. The normalized spacial score (nSPS) is 20.3. The minimum atomic E-state index is 0. The van der Waals surface area contributed by atoms with Crippen LogP contribution in [0, 0.1) is 5.94 Å². The molecular formula is C12H15BNRb. The van der Waals surface area contributed by atoms with Gasteiger partial charge in [0.2, 0.25) is 0 Å². The van der Waals surface area contributed by atoms with Crippen LogP contribution in [-0.2, 0) is 0 Å². The fourth-order valence-corrected chi connectivity index (χ4v) is 2.32. The summed E-state index contributed by atoms with van der Waals surface area (Å²) in [6.45, 7) is 6.56. The zero-order valence-corrected chi connectivity index (χ0v) is 14.9. The number of hydrogen-bond donors (Lipinski definition) is 0. The first-order valence-electron chi connectivity index (χ1n) is 5.13. The third-order valence-electron chi connectivity index (χ3n) is 2.94. The summed E-state index contributed by atoms with van der Waals surface area (Å²) in [5.74, 6) is 0.920. The van der Waals surface area contributed by atoms with Gasteiger partial charge in [0.1, 0.15) is 0 Å². The average Bonchev–Trinajstić information content (AvgIpc) is 2.41. The molecule has 0 saturated heterocycles. The van der Waals surface area contributed by atoms with Gasteiger partial charge in [0.25, 0.3) is 0 Å². The van der Waals surface area contributed by atoms with E-state index < -0.39 is 0 Å². The summed E-state index contributed by atoms with van der Waals surface area (Å²) in [5, 5.41) is 0. The van der Waals surface area contributed by atoms with Crippen molar-refractivity contribution < 1.29 is 58.2 Å². The van der Waals surface area contributed by atoms with E-state index in [1.165, 1.54) is 11.1 Å². The molecule has 0 spiro atoms. The summed E-state index contributed by atoms with van der Waals surface area (Å²) in [6.07, 6.45) is 0. The van der Waals surface area contributed by atoms with Crippen molar-refractivity contribution in [2.75, 3.05) is 0 Å². The summed E-state index contributed by atoms with van der Waals surface area (Å²) < 4.78 is 0. The van der Waals surface area contributed by atoms with Crippen LogP contribution in [0.3, 0.4) is 0 Å². The Morgan fingerprint density at radius 3 is 2.47 bits per heavy atom. The van der Waals surface area contributed by atoms with Crippen LogP contribution in [0.1, 0.15) is 37.9 Å². The smallest absolute Gasteiger partial charge is 0.339 e. The number of hydrogen-bond acceptors (Lipinski definition) is 1. The summed E-state index contributed by atoms with van der Waals surface area (Å²) >= 11 is 0. The molecule has 0 bridgehead atoms. The number of nitrogens with zero attached hydrogens (tertiary/aromatic N) is 1. The molecule has 1 aliphatic heterocycles. The molecule has 72 valence electrons.